The van der Waals surface area contributed by atoms with Gasteiger partial charge < -0.3 is 15.4 Å². The van der Waals surface area contributed by atoms with E-state index >= 15 is 0 Å². The largest absolute Gasteiger partial charge is 0.462 e. The number of amides is 1. The molecule has 0 bridgehead atoms. The number of hydrogen-bond acceptors (Lipinski definition) is 6. The van der Waals surface area contributed by atoms with Gasteiger partial charge in [0, 0.05) is 4.88 Å². The van der Waals surface area contributed by atoms with Gasteiger partial charge in [0.05, 0.1) is 17.0 Å². The Morgan fingerprint density at radius 2 is 2.04 bits per heavy atom. The lowest BCUT2D eigenvalue weighted by molar-refractivity contribution is 0.0526. The maximum absolute atomic E-state index is 12.6. The van der Waals surface area contributed by atoms with E-state index < -0.39 is 15.9 Å². The molecular weight excluding hydrogens is 463 g/mol. The molecule has 1 amide bonds. The summed E-state index contributed by atoms with van der Waals surface area (Å²) in [6.45, 7) is 2.03. The fraction of sp³-hybridized carbons (Fsp3) is 0.444. The predicted octanol–water partition coefficient (Wildman–Crippen LogP) is 5.40. The summed E-state index contributed by atoms with van der Waals surface area (Å²) in [6.07, 6.45) is 2.76. The van der Waals surface area contributed by atoms with E-state index in [4.69, 9.17) is 39.5 Å². The molecule has 10 heteroatoms. The van der Waals surface area contributed by atoms with Crippen LogP contribution in [-0.4, -0.2) is 28.4 Å². The number of aryl methyl sites for hydroxylation is 1. The van der Waals surface area contributed by atoms with Crippen LogP contribution in [0.15, 0.2) is 17.5 Å². The summed E-state index contributed by atoms with van der Waals surface area (Å²) < 4.78 is 3.41. The number of rotatable bonds is 6. The second-order valence-electron chi connectivity index (χ2n) is 6.21. The number of esters is 1. The molecule has 2 aromatic heterocycles. The van der Waals surface area contributed by atoms with E-state index in [1.807, 2.05) is 0 Å². The molecule has 2 heterocycles. The summed E-state index contributed by atoms with van der Waals surface area (Å²) in [7, 11) is 0. The first-order chi connectivity index (χ1) is 13.3. The van der Waals surface area contributed by atoms with Gasteiger partial charge in [0.15, 0.2) is 0 Å². The summed E-state index contributed by atoms with van der Waals surface area (Å²) in [5.41, 5.74) is 1.47. The molecule has 5 nitrogen and oxygen atoms in total. The molecule has 2 N–H and O–H groups in total. The minimum absolute atomic E-state index is 0.270. The number of hydrogen-bond donors (Lipinski definition) is 2. The van der Waals surface area contributed by atoms with E-state index in [1.165, 1.54) is 22.7 Å². The molecule has 1 aliphatic rings. The highest BCUT2D eigenvalue weighted by molar-refractivity contribution is 7.16. The Balaban J connectivity index is 1.91. The summed E-state index contributed by atoms with van der Waals surface area (Å²) in [6, 6.07) is 3.45. The van der Waals surface area contributed by atoms with Gasteiger partial charge in [-0.1, -0.05) is 40.9 Å². The molecule has 2 aromatic rings. The molecule has 0 saturated heterocycles. The molecule has 0 saturated carbocycles. The Morgan fingerprint density at radius 3 is 2.68 bits per heavy atom. The smallest absolute Gasteiger partial charge is 0.341 e. The van der Waals surface area contributed by atoms with Crippen LogP contribution in [0.3, 0.4) is 0 Å². The Kier molecular flexibility index (Phi) is 7.15. The molecule has 152 valence electrons. The van der Waals surface area contributed by atoms with Crippen LogP contribution in [-0.2, 0) is 17.6 Å². The highest BCUT2D eigenvalue weighted by Gasteiger charge is 2.37. The van der Waals surface area contributed by atoms with E-state index in [-0.39, 0.29) is 12.5 Å². The van der Waals surface area contributed by atoms with Gasteiger partial charge in [-0.05, 0) is 49.6 Å². The molecular formula is C18H19Cl3N2O3S2. The lowest BCUT2D eigenvalue weighted by Crippen LogP contribution is -2.49. The van der Waals surface area contributed by atoms with Crippen molar-refractivity contribution < 1.29 is 14.3 Å². The standard InChI is InChI=1S/C18H19Cl3N2O3S2/c1-2-26-16(25)13-10-6-3-4-7-11(10)28-15(13)23-17(18(19,20)21)22-14(24)12-8-5-9-27-12/h5,8-9,17,23H,2-4,6-7H2,1H3,(H,22,24)/t17-/m0/s1. The first-order valence-corrected chi connectivity index (χ1v) is 11.6. The van der Waals surface area contributed by atoms with Crippen molar-refractivity contribution >= 4 is 74.4 Å². The van der Waals surface area contributed by atoms with Crippen molar-refractivity contribution in [1.29, 1.82) is 0 Å². The van der Waals surface area contributed by atoms with E-state index in [2.05, 4.69) is 10.6 Å². The maximum atomic E-state index is 12.6. The molecule has 0 aliphatic heterocycles. The van der Waals surface area contributed by atoms with E-state index in [0.29, 0.717) is 15.4 Å². The average molecular weight is 482 g/mol. The van der Waals surface area contributed by atoms with Crippen LogP contribution in [0.4, 0.5) is 5.00 Å². The summed E-state index contributed by atoms with van der Waals surface area (Å²) in [5, 5.41) is 8.12. The Labute approximate surface area is 186 Å². The lowest BCUT2D eigenvalue weighted by atomic mass is 9.95. The second kappa shape index (κ2) is 9.22. The number of halogens is 3. The van der Waals surface area contributed by atoms with E-state index in [1.54, 1.807) is 24.4 Å². The molecule has 3 rings (SSSR count). The molecule has 0 fully saturated rings. The molecule has 1 aliphatic carbocycles. The zero-order valence-electron chi connectivity index (χ0n) is 15.0. The number of anilines is 1. The number of carbonyl (C=O) groups excluding carboxylic acids is 2. The van der Waals surface area contributed by atoms with Crippen LogP contribution in [0.1, 0.15) is 50.2 Å². The zero-order valence-corrected chi connectivity index (χ0v) is 18.9. The fourth-order valence-corrected chi connectivity index (χ4v) is 5.29. The van der Waals surface area contributed by atoms with Crippen LogP contribution in [0.5, 0.6) is 0 Å². The number of alkyl halides is 3. The van der Waals surface area contributed by atoms with Crippen molar-refractivity contribution in [3.05, 3.63) is 38.4 Å². The van der Waals surface area contributed by atoms with Gasteiger partial charge >= 0.3 is 5.97 Å². The maximum Gasteiger partial charge on any atom is 0.341 e. The summed E-state index contributed by atoms with van der Waals surface area (Å²) >= 11 is 21.1. The first-order valence-electron chi connectivity index (χ1n) is 8.80. The second-order valence-corrected chi connectivity index (χ2v) is 10.6. The Bertz CT molecular complexity index is 847. The van der Waals surface area contributed by atoms with Crippen molar-refractivity contribution in [3.63, 3.8) is 0 Å². The zero-order chi connectivity index (χ0) is 20.3. The summed E-state index contributed by atoms with van der Waals surface area (Å²) in [5.74, 6) is -0.769. The predicted molar refractivity (Wildman–Crippen MR) is 116 cm³/mol. The number of fused-ring (bicyclic) bond motifs is 1. The third-order valence-corrected chi connectivity index (χ3v) is 7.02. The molecule has 0 unspecified atom stereocenters. The highest BCUT2D eigenvalue weighted by atomic mass is 35.6. The number of ether oxygens (including phenoxy) is 1. The van der Waals surface area contributed by atoms with Gasteiger partial charge in [-0.25, -0.2) is 4.79 Å². The molecule has 0 aromatic carbocycles. The SMILES string of the molecule is CCOC(=O)c1c(N[C@H](NC(=O)c2cccs2)C(Cl)(Cl)Cl)sc2c1CCCC2. The van der Waals surface area contributed by atoms with Gasteiger partial charge in [0.25, 0.3) is 5.91 Å². The quantitative estimate of drug-likeness (QED) is 0.329. The third-order valence-electron chi connectivity index (χ3n) is 4.27. The monoisotopic (exact) mass is 480 g/mol. The van der Waals surface area contributed by atoms with Gasteiger partial charge in [-0.2, -0.15) is 0 Å². The number of carbonyl (C=O) groups is 2. The van der Waals surface area contributed by atoms with Crippen LogP contribution in [0, 0.1) is 0 Å². The van der Waals surface area contributed by atoms with Crippen molar-refractivity contribution in [3.8, 4) is 0 Å². The van der Waals surface area contributed by atoms with Crippen LogP contribution in [0.2, 0.25) is 0 Å². The van der Waals surface area contributed by atoms with Crippen molar-refractivity contribution in [2.45, 2.75) is 42.6 Å². The van der Waals surface area contributed by atoms with Crippen LogP contribution in [0.25, 0.3) is 0 Å². The number of thiophene rings is 2. The van der Waals surface area contributed by atoms with E-state index in [9.17, 15) is 9.59 Å². The molecule has 0 radical (unpaired) electrons. The Hall–Kier alpha value is -0.990. The van der Waals surface area contributed by atoms with Gasteiger partial charge in [0.1, 0.15) is 11.2 Å². The summed E-state index contributed by atoms with van der Waals surface area (Å²) in [4.78, 5) is 26.7. The normalized spacial score (nSPS) is 14.9. The van der Waals surface area contributed by atoms with Gasteiger partial charge in [-0.3, -0.25) is 4.79 Å². The topological polar surface area (TPSA) is 67.4 Å². The highest BCUT2D eigenvalue weighted by Crippen LogP contribution is 2.41. The minimum atomic E-state index is -1.83. The van der Waals surface area contributed by atoms with Crippen molar-refractivity contribution in [1.82, 2.24) is 5.32 Å². The van der Waals surface area contributed by atoms with Crippen molar-refractivity contribution in [2.24, 2.45) is 0 Å². The molecule has 0 spiro atoms. The van der Waals surface area contributed by atoms with Crippen molar-refractivity contribution in [2.75, 3.05) is 11.9 Å². The van der Waals surface area contributed by atoms with Gasteiger partial charge in [0.2, 0.25) is 3.79 Å². The Morgan fingerprint density at radius 1 is 1.29 bits per heavy atom. The first kappa shape index (κ1) is 21.7. The van der Waals surface area contributed by atoms with Crippen LogP contribution >= 0.6 is 57.5 Å². The van der Waals surface area contributed by atoms with E-state index in [0.717, 1.165) is 36.1 Å². The third kappa shape index (κ3) is 4.94. The average Bonchev–Trinajstić information content (AvgIpc) is 3.28. The van der Waals surface area contributed by atoms with Gasteiger partial charge in [-0.15, -0.1) is 22.7 Å². The molecule has 1 atom stereocenters. The minimum Gasteiger partial charge on any atom is -0.462 e. The molecule has 28 heavy (non-hydrogen) atoms. The fourth-order valence-electron chi connectivity index (χ4n) is 3.03. The van der Waals surface area contributed by atoms with Crippen LogP contribution < -0.4 is 10.6 Å². The number of nitrogens with one attached hydrogen (secondary N) is 2. The lowest BCUT2D eigenvalue weighted by Gasteiger charge is -2.27.